The first-order valence-corrected chi connectivity index (χ1v) is 2.25. The van der Waals surface area contributed by atoms with Crippen molar-refractivity contribution in [1.29, 1.82) is 0 Å². The van der Waals surface area contributed by atoms with E-state index in [1.54, 1.807) is 0 Å². The molecule has 0 aromatic heterocycles. The van der Waals surface area contributed by atoms with Gasteiger partial charge in [0, 0.05) is 5.25 Å². The number of hydrogen-bond donors (Lipinski definition) is 1. The molecular weight excluding hydrogens is 92.1 g/mol. The van der Waals surface area contributed by atoms with Crippen LogP contribution in [0.4, 0.5) is 0 Å². The molecule has 0 spiro atoms. The highest BCUT2D eigenvalue weighted by atomic mass is 32.1. The third-order valence-corrected chi connectivity index (χ3v) is 0.943. The van der Waals surface area contributed by atoms with Crippen LogP contribution in [-0.2, 0) is 0 Å². The molecule has 0 aliphatic heterocycles. The van der Waals surface area contributed by atoms with Crippen LogP contribution in [0.3, 0.4) is 0 Å². The van der Waals surface area contributed by atoms with Crippen LogP contribution in [0.1, 0.15) is 0 Å². The monoisotopic (exact) mass is 97.0 g/mol. The molecule has 0 aromatic carbocycles. The molecule has 1 heteroatoms. The van der Waals surface area contributed by atoms with Crippen LogP contribution in [-0.4, -0.2) is 0 Å². The van der Waals surface area contributed by atoms with E-state index in [4.69, 9.17) is 0 Å². The van der Waals surface area contributed by atoms with Gasteiger partial charge in [-0.3, -0.25) is 0 Å². The van der Waals surface area contributed by atoms with Gasteiger partial charge < -0.3 is 0 Å². The van der Waals surface area contributed by atoms with Gasteiger partial charge in [0.05, 0.1) is 0 Å². The summed E-state index contributed by atoms with van der Waals surface area (Å²) in [6.45, 7) is 0. The summed E-state index contributed by atoms with van der Waals surface area (Å²) in [6, 6.07) is 0. The van der Waals surface area contributed by atoms with Crippen molar-refractivity contribution in [3.05, 3.63) is 30.9 Å². The maximum Gasteiger partial charge on any atom is 0.0348 e. The Morgan fingerprint density at radius 3 is 1.83 bits per heavy atom. The summed E-state index contributed by atoms with van der Waals surface area (Å²) in [4.78, 5) is 0. The molecular formula is C5H5S. The molecule has 1 rings (SSSR count). The van der Waals surface area contributed by atoms with Gasteiger partial charge in [-0.2, -0.15) is 12.6 Å². The molecule has 0 heterocycles. The highest BCUT2D eigenvalue weighted by Gasteiger charge is 2.10. The fourth-order valence-electron chi connectivity index (χ4n) is 0.364. The van der Waals surface area contributed by atoms with Crippen LogP contribution in [0.25, 0.3) is 0 Å². The molecule has 0 nitrogen and oxygen atoms in total. The molecule has 0 aromatic rings. The van der Waals surface area contributed by atoms with Crippen molar-refractivity contribution in [3.63, 3.8) is 0 Å². The van der Waals surface area contributed by atoms with Crippen LogP contribution in [0.5, 0.6) is 0 Å². The molecule has 0 bridgehead atoms. The van der Waals surface area contributed by atoms with E-state index in [2.05, 4.69) is 12.6 Å². The molecule has 6 heavy (non-hydrogen) atoms. The minimum Gasteiger partial charge on any atom is -0.170 e. The first kappa shape index (κ1) is 4.51. The highest BCUT2D eigenvalue weighted by molar-refractivity contribution is 7.83. The SMILES string of the molecule is S[C]1[CH][CH][CH][CH]1. The predicted molar refractivity (Wildman–Crippen MR) is 29.4 cm³/mol. The first-order chi connectivity index (χ1) is 2.89. The van der Waals surface area contributed by atoms with Crippen LogP contribution < -0.4 is 0 Å². The van der Waals surface area contributed by atoms with E-state index in [0.29, 0.717) is 0 Å². The second kappa shape index (κ2) is 1.87. The Balaban J connectivity index is 2.18. The van der Waals surface area contributed by atoms with Crippen molar-refractivity contribution in [2.24, 2.45) is 0 Å². The smallest absolute Gasteiger partial charge is 0.0348 e. The molecule has 1 fully saturated rings. The van der Waals surface area contributed by atoms with Gasteiger partial charge in [0.2, 0.25) is 0 Å². The first-order valence-electron chi connectivity index (χ1n) is 1.80. The van der Waals surface area contributed by atoms with Gasteiger partial charge >= 0.3 is 0 Å². The third-order valence-electron chi connectivity index (χ3n) is 0.645. The van der Waals surface area contributed by atoms with Gasteiger partial charge in [-0.15, -0.1) is 0 Å². The lowest BCUT2D eigenvalue weighted by Crippen LogP contribution is -1.72. The number of rotatable bonds is 0. The van der Waals surface area contributed by atoms with Gasteiger partial charge in [0.1, 0.15) is 0 Å². The molecule has 1 aliphatic rings. The zero-order chi connectivity index (χ0) is 4.41. The van der Waals surface area contributed by atoms with Gasteiger partial charge in [-0.05, 0) is 25.7 Å². The second-order valence-corrected chi connectivity index (χ2v) is 1.66. The Hall–Kier alpha value is 0.350. The molecule has 0 atom stereocenters. The maximum absolute atomic E-state index is 4.04. The molecule has 31 valence electrons. The van der Waals surface area contributed by atoms with Crippen molar-refractivity contribution in [2.45, 2.75) is 0 Å². The molecule has 0 saturated heterocycles. The van der Waals surface area contributed by atoms with Gasteiger partial charge in [0.15, 0.2) is 0 Å². The molecule has 0 N–H and O–H groups in total. The van der Waals surface area contributed by atoms with Gasteiger partial charge in [-0.25, -0.2) is 0 Å². The van der Waals surface area contributed by atoms with E-state index in [1.807, 2.05) is 25.7 Å². The van der Waals surface area contributed by atoms with Crippen LogP contribution in [0.15, 0.2) is 0 Å². The van der Waals surface area contributed by atoms with E-state index < -0.39 is 0 Å². The Bertz CT molecular complexity index is 37.2. The molecule has 1 saturated carbocycles. The Labute approximate surface area is 44.3 Å². The van der Waals surface area contributed by atoms with Crippen molar-refractivity contribution in [3.8, 4) is 0 Å². The average molecular weight is 97.2 g/mol. The lowest BCUT2D eigenvalue weighted by molar-refractivity contribution is 1.56. The molecule has 0 amide bonds. The van der Waals surface area contributed by atoms with Crippen molar-refractivity contribution < 1.29 is 0 Å². The Kier molecular flexibility index (Phi) is 1.41. The van der Waals surface area contributed by atoms with Crippen LogP contribution in [0, 0.1) is 30.9 Å². The standard InChI is InChI=1S/C5H5S/c6-5-3-1-2-4-5/h1-4,6H. The maximum atomic E-state index is 4.04. The normalized spacial score (nSPS) is 25.5. The summed E-state index contributed by atoms with van der Waals surface area (Å²) in [5.74, 6) is 0. The van der Waals surface area contributed by atoms with Gasteiger partial charge in [-0.1, -0.05) is 0 Å². The summed E-state index contributed by atoms with van der Waals surface area (Å²) < 4.78 is 0. The molecule has 1 aliphatic carbocycles. The number of hydrogen-bond acceptors (Lipinski definition) is 1. The zero-order valence-corrected chi connectivity index (χ0v) is 4.15. The third kappa shape index (κ3) is 0.904. The van der Waals surface area contributed by atoms with E-state index in [9.17, 15) is 0 Å². The van der Waals surface area contributed by atoms with Crippen molar-refractivity contribution in [1.82, 2.24) is 0 Å². The second-order valence-electron chi connectivity index (χ2n) is 1.14. The summed E-state index contributed by atoms with van der Waals surface area (Å²) >= 11 is 4.04. The van der Waals surface area contributed by atoms with E-state index in [0.717, 1.165) is 5.25 Å². The van der Waals surface area contributed by atoms with Crippen LogP contribution in [0.2, 0.25) is 0 Å². The van der Waals surface area contributed by atoms with Crippen LogP contribution >= 0.6 is 12.6 Å². The van der Waals surface area contributed by atoms with Gasteiger partial charge in [0.25, 0.3) is 0 Å². The minimum absolute atomic E-state index is 1.04. The fraction of sp³-hybridized carbons (Fsp3) is 0. The lowest BCUT2D eigenvalue weighted by Gasteiger charge is -1.88. The molecule has 5 radical (unpaired) electrons. The van der Waals surface area contributed by atoms with Crippen molar-refractivity contribution >= 4 is 12.6 Å². The summed E-state index contributed by atoms with van der Waals surface area (Å²) in [5, 5.41) is 1.04. The lowest BCUT2D eigenvalue weighted by atomic mass is 10.4. The van der Waals surface area contributed by atoms with E-state index in [-0.39, 0.29) is 0 Å². The molecule has 0 unspecified atom stereocenters. The topological polar surface area (TPSA) is 0 Å². The fourth-order valence-corrected chi connectivity index (χ4v) is 0.536. The quantitative estimate of drug-likeness (QED) is 0.432. The van der Waals surface area contributed by atoms with E-state index in [1.165, 1.54) is 0 Å². The largest absolute Gasteiger partial charge is 0.170 e. The summed E-state index contributed by atoms with van der Waals surface area (Å²) in [6.07, 6.45) is 7.82. The Morgan fingerprint density at radius 2 is 1.67 bits per heavy atom. The average Bonchev–Trinajstić information content (AvgIpc) is 1.86. The predicted octanol–water partition coefficient (Wildman–Crippen LogP) is 1.28. The number of thiol groups is 1. The van der Waals surface area contributed by atoms with Crippen molar-refractivity contribution in [2.75, 3.05) is 0 Å². The minimum atomic E-state index is 1.04. The zero-order valence-electron chi connectivity index (χ0n) is 3.26. The van der Waals surface area contributed by atoms with E-state index >= 15 is 0 Å². The summed E-state index contributed by atoms with van der Waals surface area (Å²) in [7, 11) is 0. The Morgan fingerprint density at radius 1 is 1.17 bits per heavy atom. The summed E-state index contributed by atoms with van der Waals surface area (Å²) in [5.41, 5.74) is 0. The highest BCUT2D eigenvalue weighted by Crippen LogP contribution is 2.25.